The summed E-state index contributed by atoms with van der Waals surface area (Å²) in [5.41, 5.74) is 1.79. The first-order chi connectivity index (χ1) is 14.0. The van der Waals surface area contributed by atoms with Gasteiger partial charge in [-0.15, -0.1) is 0 Å². The van der Waals surface area contributed by atoms with Crippen LogP contribution in [-0.2, 0) is 20.7 Å². The molecule has 0 saturated carbocycles. The van der Waals surface area contributed by atoms with Crippen molar-refractivity contribution in [2.24, 2.45) is 0 Å². The molecule has 0 spiro atoms. The number of fused-ring (bicyclic) bond motifs is 1. The quantitative estimate of drug-likeness (QED) is 0.554. The zero-order valence-corrected chi connectivity index (χ0v) is 16.8. The van der Waals surface area contributed by atoms with Gasteiger partial charge < -0.3 is 19.5 Å². The fourth-order valence-corrected chi connectivity index (χ4v) is 3.05. The normalized spacial score (nSPS) is 13.7. The van der Waals surface area contributed by atoms with Gasteiger partial charge in [-0.05, 0) is 42.7 Å². The van der Waals surface area contributed by atoms with E-state index >= 15 is 0 Å². The summed E-state index contributed by atoms with van der Waals surface area (Å²) in [6.45, 7) is 2.88. The van der Waals surface area contributed by atoms with Crippen molar-refractivity contribution in [3.63, 3.8) is 0 Å². The fourth-order valence-electron chi connectivity index (χ4n) is 2.78. The molecule has 0 radical (unpaired) electrons. The predicted octanol–water partition coefficient (Wildman–Crippen LogP) is 3.42. The SMILES string of the molecule is C[C@H](OC(=O)/C=C/c1cc(Cl)c2c(c1)OCCO2)C(=O)NCCc1ccccc1. The third-order valence-electron chi connectivity index (χ3n) is 4.25. The number of ether oxygens (including phenoxy) is 3. The van der Waals surface area contributed by atoms with E-state index in [0.29, 0.717) is 48.3 Å². The first-order valence-corrected chi connectivity index (χ1v) is 9.70. The number of halogens is 1. The van der Waals surface area contributed by atoms with Crippen LogP contribution >= 0.6 is 11.6 Å². The van der Waals surface area contributed by atoms with Gasteiger partial charge in [0.2, 0.25) is 0 Å². The lowest BCUT2D eigenvalue weighted by Crippen LogP contribution is -2.36. The molecule has 2 aromatic carbocycles. The Kier molecular flexibility index (Phi) is 7.14. The molecule has 0 aliphatic carbocycles. The Balaban J connectivity index is 1.48. The van der Waals surface area contributed by atoms with E-state index < -0.39 is 12.1 Å². The van der Waals surface area contributed by atoms with Crippen LogP contribution in [0.3, 0.4) is 0 Å². The van der Waals surface area contributed by atoms with Crippen LogP contribution in [0.1, 0.15) is 18.1 Å². The van der Waals surface area contributed by atoms with Crippen molar-refractivity contribution >= 4 is 29.6 Å². The summed E-state index contributed by atoms with van der Waals surface area (Å²) in [6.07, 6.45) is 2.60. The highest BCUT2D eigenvalue weighted by molar-refractivity contribution is 6.32. The van der Waals surface area contributed by atoms with E-state index in [2.05, 4.69) is 5.32 Å². The monoisotopic (exact) mass is 415 g/mol. The lowest BCUT2D eigenvalue weighted by molar-refractivity contribution is -0.150. The maximum Gasteiger partial charge on any atom is 0.331 e. The zero-order valence-electron chi connectivity index (χ0n) is 16.0. The van der Waals surface area contributed by atoms with Crippen molar-refractivity contribution in [2.75, 3.05) is 19.8 Å². The van der Waals surface area contributed by atoms with Crippen LogP contribution in [0.2, 0.25) is 5.02 Å². The number of amides is 1. The van der Waals surface area contributed by atoms with Crippen LogP contribution in [0.5, 0.6) is 11.5 Å². The first-order valence-electron chi connectivity index (χ1n) is 9.32. The molecule has 0 saturated heterocycles. The van der Waals surface area contributed by atoms with Crippen molar-refractivity contribution in [1.29, 1.82) is 0 Å². The van der Waals surface area contributed by atoms with E-state index in [1.165, 1.54) is 13.0 Å². The zero-order chi connectivity index (χ0) is 20.6. The second kappa shape index (κ2) is 9.98. The van der Waals surface area contributed by atoms with Crippen LogP contribution in [0.15, 0.2) is 48.5 Å². The van der Waals surface area contributed by atoms with E-state index in [9.17, 15) is 9.59 Å². The van der Waals surface area contributed by atoms with E-state index in [1.807, 2.05) is 30.3 Å². The van der Waals surface area contributed by atoms with Crippen molar-refractivity contribution in [3.05, 3.63) is 64.7 Å². The number of esters is 1. The van der Waals surface area contributed by atoms with E-state index in [0.717, 1.165) is 5.56 Å². The minimum Gasteiger partial charge on any atom is -0.486 e. The van der Waals surface area contributed by atoms with Crippen molar-refractivity contribution in [2.45, 2.75) is 19.4 Å². The van der Waals surface area contributed by atoms with E-state index in [-0.39, 0.29) is 5.91 Å². The number of hydrogen-bond acceptors (Lipinski definition) is 5. The smallest absolute Gasteiger partial charge is 0.331 e. The largest absolute Gasteiger partial charge is 0.486 e. The summed E-state index contributed by atoms with van der Waals surface area (Å²) >= 11 is 6.17. The average Bonchev–Trinajstić information content (AvgIpc) is 2.73. The molecule has 152 valence electrons. The molecule has 1 heterocycles. The third kappa shape index (κ3) is 5.99. The molecule has 29 heavy (non-hydrogen) atoms. The first kappa shape index (κ1) is 20.7. The maximum atomic E-state index is 12.1. The summed E-state index contributed by atoms with van der Waals surface area (Å²) in [4.78, 5) is 24.1. The minimum absolute atomic E-state index is 0.343. The Morgan fingerprint density at radius 3 is 2.76 bits per heavy atom. The van der Waals surface area contributed by atoms with Gasteiger partial charge in [-0.2, -0.15) is 0 Å². The van der Waals surface area contributed by atoms with Gasteiger partial charge in [0, 0.05) is 12.6 Å². The second-order valence-electron chi connectivity index (χ2n) is 6.47. The van der Waals surface area contributed by atoms with E-state index in [1.54, 1.807) is 18.2 Å². The summed E-state index contributed by atoms with van der Waals surface area (Å²) in [5.74, 6) is 0.0631. The fraction of sp³-hybridized carbons (Fsp3) is 0.273. The molecule has 2 aromatic rings. The molecular formula is C22H22ClNO5. The van der Waals surface area contributed by atoms with Crippen molar-refractivity contribution in [3.8, 4) is 11.5 Å². The molecule has 0 bridgehead atoms. The number of hydrogen-bond donors (Lipinski definition) is 1. The van der Waals surface area contributed by atoms with Crippen LogP contribution in [0.25, 0.3) is 6.08 Å². The number of carbonyl (C=O) groups is 2. The van der Waals surface area contributed by atoms with Crippen LogP contribution < -0.4 is 14.8 Å². The molecule has 0 fully saturated rings. The summed E-state index contributed by atoms with van der Waals surface area (Å²) < 4.78 is 16.1. The number of benzene rings is 2. The Morgan fingerprint density at radius 1 is 1.21 bits per heavy atom. The maximum absolute atomic E-state index is 12.1. The molecule has 7 heteroatoms. The van der Waals surface area contributed by atoms with Crippen molar-refractivity contribution in [1.82, 2.24) is 5.32 Å². The predicted molar refractivity (Wildman–Crippen MR) is 110 cm³/mol. The van der Waals surface area contributed by atoms with E-state index in [4.69, 9.17) is 25.8 Å². The topological polar surface area (TPSA) is 73.9 Å². The molecule has 1 atom stereocenters. The molecule has 1 amide bonds. The second-order valence-corrected chi connectivity index (χ2v) is 6.87. The third-order valence-corrected chi connectivity index (χ3v) is 4.53. The van der Waals surface area contributed by atoms with Gasteiger partial charge in [-0.3, -0.25) is 4.79 Å². The van der Waals surface area contributed by atoms with Gasteiger partial charge in [-0.25, -0.2) is 4.79 Å². The lowest BCUT2D eigenvalue weighted by atomic mass is 10.1. The molecule has 0 unspecified atom stereocenters. The Morgan fingerprint density at radius 2 is 1.97 bits per heavy atom. The van der Waals surface area contributed by atoms with Crippen LogP contribution in [-0.4, -0.2) is 37.7 Å². The highest BCUT2D eigenvalue weighted by atomic mass is 35.5. The Bertz CT molecular complexity index is 898. The Labute approximate surface area is 174 Å². The van der Waals surface area contributed by atoms with Gasteiger partial charge >= 0.3 is 5.97 Å². The lowest BCUT2D eigenvalue weighted by Gasteiger charge is -2.19. The highest BCUT2D eigenvalue weighted by Gasteiger charge is 2.17. The van der Waals surface area contributed by atoms with Gasteiger partial charge in [0.1, 0.15) is 13.2 Å². The summed E-state index contributed by atoms with van der Waals surface area (Å²) in [7, 11) is 0. The van der Waals surface area contributed by atoms with Gasteiger partial charge in [0.25, 0.3) is 5.91 Å². The molecular weight excluding hydrogens is 394 g/mol. The molecule has 3 rings (SSSR count). The molecule has 1 N–H and O–H groups in total. The molecule has 6 nitrogen and oxygen atoms in total. The number of rotatable bonds is 7. The average molecular weight is 416 g/mol. The highest BCUT2D eigenvalue weighted by Crippen LogP contribution is 2.38. The summed E-state index contributed by atoms with van der Waals surface area (Å²) in [5, 5.41) is 3.17. The van der Waals surface area contributed by atoms with Gasteiger partial charge in [-0.1, -0.05) is 41.9 Å². The standard InChI is InChI=1S/C22H22ClNO5/c1-15(22(26)24-10-9-16-5-3-2-4-6-16)29-20(25)8-7-17-13-18(23)21-19(14-17)27-11-12-28-21/h2-8,13-15H,9-12H2,1H3,(H,24,26)/b8-7+/t15-/m0/s1. The van der Waals surface area contributed by atoms with Gasteiger partial charge in [0.05, 0.1) is 5.02 Å². The van der Waals surface area contributed by atoms with Crippen molar-refractivity contribution < 1.29 is 23.8 Å². The van der Waals surface area contributed by atoms with Gasteiger partial charge in [0.15, 0.2) is 17.6 Å². The van der Waals surface area contributed by atoms with Crippen LogP contribution in [0, 0.1) is 0 Å². The molecule has 0 aromatic heterocycles. The Hall–Kier alpha value is -2.99. The number of nitrogens with one attached hydrogen (secondary N) is 1. The molecule has 1 aliphatic rings. The molecule has 1 aliphatic heterocycles. The minimum atomic E-state index is -0.897. The van der Waals surface area contributed by atoms with Crippen LogP contribution in [0.4, 0.5) is 0 Å². The summed E-state index contributed by atoms with van der Waals surface area (Å²) in [6, 6.07) is 13.2. The number of carbonyl (C=O) groups excluding carboxylic acids is 2.